The fourth-order valence-electron chi connectivity index (χ4n) is 4.93. The number of allylic oxidation sites excluding steroid dienone is 5. The lowest BCUT2D eigenvalue weighted by Crippen LogP contribution is -2.37. The van der Waals surface area contributed by atoms with Crippen LogP contribution in [0.25, 0.3) is 5.57 Å². The van der Waals surface area contributed by atoms with Crippen molar-refractivity contribution in [2.75, 3.05) is 0 Å². The predicted molar refractivity (Wildman–Crippen MR) is 140 cm³/mol. The molecule has 2 atom stereocenters. The molecule has 3 aromatic rings. The molecule has 3 aromatic carbocycles. The van der Waals surface area contributed by atoms with Crippen molar-refractivity contribution in [2.24, 2.45) is 0 Å². The van der Waals surface area contributed by atoms with Gasteiger partial charge >= 0.3 is 0 Å². The number of benzene rings is 3. The summed E-state index contributed by atoms with van der Waals surface area (Å²) in [6.45, 7) is 0. The minimum Gasteiger partial charge on any atom is -0.336 e. The van der Waals surface area contributed by atoms with Crippen LogP contribution in [-0.2, 0) is 0 Å². The third-order valence-electron chi connectivity index (χ3n) is 6.45. The second kappa shape index (κ2) is 9.92. The standard InChI is InChI=1S/C31H20ClN3O/c32-25-16-14-22(15-17-25)28-29(27(24(19-33)20-34)21-9-3-1-4-10-21)26-13-7-8-18-35(26)30(28)31(36)23-11-5-2-6-12-23/h1-18,28,30H/t28-,30+/m0/s1. The third kappa shape index (κ3) is 4.05. The molecule has 0 aromatic heterocycles. The van der Waals surface area contributed by atoms with Gasteiger partial charge in [0.05, 0.1) is 0 Å². The van der Waals surface area contributed by atoms with Gasteiger partial charge in [0.15, 0.2) is 5.78 Å². The van der Waals surface area contributed by atoms with E-state index in [2.05, 4.69) is 12.1 Å². The molecule has 0 spiro atoms. The maximum Gasteiger partial charge on any atom is 0.186 e. The Hall–Kier alpha value is -4.64. The second-order valence-electron chi connectivity index (χ2n) is 8.45. The number of carbonyl (C=O) groups excluding carboxylic acids is 1. The lowest BCUT2D eigenvalue weighted by Gasteiger charge is -2.29. The average molecular weight is 486 g/mol. The van der Waals surface area contributed by atoms with E-state index in [1.807, 2.05) is 102 Å². The Kier molecular flexibility index (Phi) is 6.37. The molecule has 0 unspecified atom stereocenters. The van der Waals surface area contributed by atoms with E-state index >= 15 is 0 Å². The topological polar surface area (TPSA) is 67.9 Å². The van der Waals surface area contributed by atoms with E-state index in [1.54, 1.807) is 12.1 Å². The summed E-state index contributed by atoms with van der Waals surface area (Å²) in [5, 5.41) is 20.5. The van der Waals surface area contributed by atoms with Crippen molar-refractivity contribution >= 4 is 23.0 Å². The molecule has 4 nitrogen and oxygen atoms in total. The summed E-state index contributed by atoms with van der Waals surface area (Å²) in [6.07, 6.45) is 7.61. The normalized spacial score (nSPS) is 17.8. The molecule has 2 aliphatic rings. The van der Waals surface area contributed by atoms with Gasteiger partial charge in [-0.1, -0.05) is 90.5 Å². The average Bonchev–Trinajstić information content (AvgIpc) is 3.27. The number of rotatable bonds is 5. The van der Waals surface area contributed by atoms with Crippen molar-refractivity contribution in [2.45, 2.75) is 12.0 Å². The lowest BCUT2D eigenvalue weighted by atomic mass is 9.78. The SMILES string of the molecule is N#CC(C#N)=C(C1=C2C=CC=CN2[C@@H](C(=O)c2ccccc2)[C@H]1c1ccc(Cl)cc1)c1ccccc1. The molecule has 0 saturated carbocycles. The molecule has 0 amide bonds. The van der Waals surface area contributed by atoms with Gasteiger partial charge in [0.1, 0.15) is 23.8 Å². The molecule has 0 aliphatic carbocycles. The number of Topliss-reactive ketones (excluding diaryl/α,β-unsaturated/α-hetero) is 1. The zero-order chi connectivity index (χ0) is 25.1. The summed E-state index contributed by atoms with van der Waals surface area (Å²) in [7, 11) is 0. The van der Waals surface area contributed by atoms with Crippen LogP contribution in [-0.4, -0.2) is 16.7 Å². The first-order chi connectivity index (χ1) is 17.6. The maximum absolute atomic E-state index is 14.1. The molecule has 0 saturated heterocycles. The Labute approximate surface area is 215 Å². The number of carbonyl (C=O) groups is 1. The van der Waals surface area contributed by atoms with Crippen LogP contribution in [0, 0.1) is 22.7 Å². The highest BCUT2D eigenvalue weighted by molar-refractivity contribution is 6.30. The molecule has 2 aliphatic heterocycles. The first-order valence-electron chi connectivity index (χ1n) is 11.5. The smallest absolute Gasteiger partial charge is 0.186 e. The molecular formula is C31H20ClN3O. The van der Waals surface area contributed by atoms with Gasteiger partial charge in [-0.3, -0.25) is 4.79 Å². The van der Waals surface area contributed by atoms with E-state index in [4.69, 9.17) is 11.6 Å². The quantitative estimate of drug-likeness (QED) is 0.293. The van der Waals surface area contributed by atoms with Gasteiger partial charge in [-0.2, -0.15) is 10.5 Å². The Morgan fingerprint density at radius 2 is 1.42 bits per heavy atom. The van der Waals surface area contributed by atoms with Crippen molar-refractivity contribution in [1.82, 2.24) is 4.90 Å². The predicted octanol–water partition coefficient (Wildman–Crippen LogP) is 6.83. The fourth-order valence-corrected chi connectivity index (χ4v) is 5.06. The molecule has 36 heavy (non-hydrogen) atoms. The lowest BCUT2D eigenvalue weighted by molar-refractivity contribution is 0.0897. The van der Waals surface area contributed by atoms with Gasteiger partial charge in [-0.15, -0.1) is 0 Å². The van der Waals surface area contributed by atoms with Gasteiger partial charge in [-0.25, -0.2) is 0 Å². The van der Waals surface area contributed by atoms with Gasteiger partial charge in [0.2, 0.25) is 0 Å². The number of ketones is 1. The van der Waals surface area contributed by atoms with E-state index in [9.17, 15) is 15.3 Å². The number of hydrogen-bond acceptors (Lipinski definition) is 4. The number of hydrogen-bond donors (Lipinski definition) is 0. The molecule has 0 bridgehead atoms. The van der Waals surface area contributed by atoms with Crippen LogP contribution < -0.4 is 0 Å². The number of nitriles is 2. The van der Waals surface area contributed by atoms with Crippen LogP contribution in [0.4, 0.5) is 0 Å². The molecule has 0 N–H and O–H groups in total. The van der Waals surface area contributed by atoms with Crippen LogP contribution in [0.1, 0.15) is 27.4 Å². The Bertz CT molecular complexity index is 1500. The molecule has 5 heteroatoms. The van der Waals surface area contributed by atoms with E-state index in [1.165, 1.54) is 0 Å². The van der Waals surface area contributed by atoms with E-state index in [0.717, 1.165) is 22.4 Å². The zero-order valence-corrected chi connectivity index (χ0v) is 19.9. The monoisotopic (exact) mass is 485 g/mol. The third-order valence-corrected chi connectivity index (χ3v) is 6.71. The Morgan fingerprint density at radius 1 is 0.806 bits per heavy atom. The van der Waals surface area contributed by atoms with Crippen LogP contribution in [0.15, 0.2) is 126 Å². The largest absolute Gasteiger partial charge is 0.336 e. The summed E-state index contributed by atoms with van der Waals surface area (Å²) >= 11 is 6.22. The number of halogens is 1. The fraction of sp³-hybridized carbons (Fsp3) is 0.0645. The summed E-state index contributed by atoms with van der Waals surface area (Å²) in [5.41, 5.74) is 4.28. The minimum atomic E-state index is -0.614. The van der Waals surface area contributed by atoms with E-state index < -0.39 is 12.0 Å². The van der Waals surface area contributed by atoms with E-state index in [0.29, 0.717) is 16.2 Å². The summed E-state index contributed by atoms with van der Waals surface area (Å²) in [6, 6.07) is 29.6. The molecule has 172 valence electrons. The zero-order valence-electron chi connectivity index (χ0n) is 19.2. The minimum absolute atomic E-state index is 0.00150. The van der Waals surface area contributed by atoms with Crippen molar-refractivity contribution < 1.29 is 4.79 Å². The summed E-state index contributed by atoms with van der Waals surface area (Å²) < 4.78 is 0. The summed E-state index contributed by atoms with van der Waals surface area (Å²) in [5.74, 6) is -0.504. The Balaban J connectivity index is 1.82. The molecule has 0 radical (unpaired) electrons. The van der Waals surface area contributed by atoms with Crippen LogP contribution in [0.5, 0.6) is 0 Å². The molecular weight excluding hydrogens is 466 g/mol. The van der Waals surface area contributed by atoms with Crippen LogP contribution in [0.3, 0.4) is 0 Å². The maximum atomic E-state index is 14.1. The van der Waals surface area contributed by atoms with Crippen molar-refractivity contribution in [3.8, 4) is 12.1 Å². The van der Waals surface area contributed by atoms with E-state index in [-0.39, 0.29) is 11.4 Å². The first-order valence-corrected chi connectivity index (χ1v) is 11.8. The highest BCUT2D eigenvalue weighted by atomic mass is 35.5. The first kappa shape index (κ1) is 23.1. The molecule has 0 fully saturated rings. The number of fused-ring (bicyclic) bond motifs is 1. The Morgan fingerprint density at radius 3 is 2.03 bits per heavy atom. The molecule has 2 heterocycles. The number of nitrogens with zero attached hydrogens (tertiary/aromatic N) is 3. The van der Waals surface area contributed by atoms with Gasteiger partial charge in [0, 0.05) is 34.0 Å². The van der Waals surface area contributed by atoms with Crippen molar-refractivity contribution in [1.29, 1.82) is 10.5 Å². The van der Waals surface area contributed by atoms with Crippen molar-refractivity contribution in [3.63, 3.8) is 0 Å². The van der Waals surface area contributed by atoms with Gasteiger partial charge < -0.3 is 4.90 Å². The molecule has 5 rings (SSSR count). The van der Waals surface area contributed by atoms with Crippen LogP contribution >= 0.6 is 11.6 Å². The van der Waals surface area contributed by atoms with Crippen molar-refractivity contribution in [3.05, 3.63) is 148 Å². The van der Waals surface area contributed by atoms with Gasteiger partial charge in [0.25, 0.3) is 0 Å². The summed E-state index contributed by atoms with van der Waals surface area (Å²) in [4.78, 5) is 16.0. The van der Waals surface area contributed by atoms with Crippen LogP contribution in [0.2, 0.25) is 5.02 Å². The van der Waals surface area contributed by atoms with Gasteiger partial charge in [-0.05, 0) is 41.0 Å². The highest BCUT2D eigenvalue weighted by Gasteiger charge is 2.46. The highest BCUT2D eigenvalue weighted by Crippen LogP contribution is 2.50. The second-order valence-corrected chi connectivity index (χ2v) is 8.89.